The highest BCUT2D eigenvalue weighted by atomic mass is 16.1. The van der Waals surface area contributed by atoms with Crippen molar-refractivity contribution in [3.05, 3.63) is 41.3 Å². The zero-order chi connectivity index (χ0) is 14.5. The van der Waals surface area contributed by atoms with Gasteiger partial charge < -0.3 is 10.6 Å². The topological polar surface area (TPSA) is 71.8 Å². The molecule has 0 fully saturated rings. The van der Waals surface area contributed by atoms with Crippen LogP contribution in [0.2, 0.25) is 0 Å². The van der Waals surface area contributed by atoms with Crippen LogP contribution in [0.4, 0.5) is 5.82 Å². The lowest BCUT2D eigenvalue weighted by Crippen LogP contribution is -2.23. The molecule has 0 aliphatic heterocycles. The number of nitrogens with zero attached hydrogens (tertiary/aromatic N) is 3. The number of hydrogen-bond donors (Lipinski definition) is 2. The highest BCUT2D eigenvalue weighted by Gasteiger charge is 2.09. The summed E-state index contributed by atoms with van der Waals surface area (Å²) in [5.41, 5.74) is 2.65. The number of anilines is 1. The zero-order valence-electron chi connectivity index (χ0n) is 12.0. The van der Waals surface area contributed by atoms with Crippen LogP contribution in [-0.2, 0) is 20.0 Å². The van der Waals surface area contributed by atoms with Gasteiger partial charge in [0.15, 0.2) is 0 Å². The first-order valence-electron chi connectivity index (χ1n) is 6.57. The number of amides is 1. The maximum Gasteiger partial charge on any atom is 0.251 e. The number of aromatic nitrogens is 3. The fraction of sp³-hybridized carbons (Fsp3) is 0.357. The van der Waals surface area contributed by atoms with Crippen LogP contribution >= 0.6 is 0 Å². The number of aryl methyl sites for hydroxylation is 2. The highest BCUT2D eigenvalue weighted by molar-refractivity contribution is 5.94. The van der Waals surface area contributed by atoms with Crippen molar-refractivity contribution in [2.45, 2.75) is 19.9 Å². The van der Waals surface area contributed by atoms with Gasteiger partial charge in [-0.05, 0) is 18.6 Å². The van der Waals surface area contributed by atoms with E-state index >= 15 is 0 Å². The molecule has 0 aliphatic rings. The molecule has 0 saturated carbocycles. The van der Waals surface area contributed by atoms with E-state index < -0.39 is 0 Å². The lowest BCUT2D eigenvalue weighted by Gasteiger charge is -2.06. The van der Waals surface area contributed by atoms with E-state index in [2.05, 4.69) is 27.6 Å². The molecule has 0 atom stereocenters. The Bertz CT molecular complexity index is 605. The van der Waals surface area contributed by atoms with Crippen LogP contribution in [0.15, 0.2) is 24.5 Å². The Labute approximate surface area is 118 Å². The second-order valence-corrected chi connectivity index (χ2v) is 4.49. The second kappa shape index (κ2) is 6.18. The van der Waals surface area contributed by atoms with Crippen LogP contribution in [-0.4, -0.2) is 27.7 Å². The fourth-order valence-electron chi connectivity index (χ4n) is 2.02. The van der Waals surface area contributed by atoms with Crippen molar-refractivity contribution >= 4 is 11.7 Å². The van der Waals surface area contributed by atoms with Crippen LogP contribution < -0.4 is 10.6 Å². The molecule has 2 aromatic heterocycles. The smallest absolute Gasteiger partial charge is 0.251 e. The fourth-order valence-corrected chi connectivity index (χ4v) is 2.02. The molecule has 0 radical (unpaired) electrons. The molecule has 0 saturated heterocycles. The Balaban J connectivity index is 2.04. The van der Waals surface area contributed by atoms with E-state index in [0.29, 0.717) is 17.9 Å². The van der Waals surface area contributed by atoms with E-state index in [4.69, 9.17) is 0 Å². The molecule has 6 nitrogen and oxygen atoms in total. The van der Waals surface area contributed by atoms with E-state index in [1.165, 1.54) is 0 Å². The number of rotatable bonds is 5. The lowest BCUT2D eigenvalue weighted by atomic mass is 10.2. The molecule has 0 aromatic carbocycles. The van der Waals surface area contributed by atoms with Crippen molar-refractivity contribution in [2.24, 2.45) is 7.05 Å². The predicted molar refractivity (Wildman–Crippen MR) is 77.5 cm³/mol. The molecule has 106 valence electrons. The van der Waals surface area contributed by atoms with Crippen LogP contribution in [0.1, 0.15) is 28.5 Å². The molecule has 0 spiro atoms. The first-order chi connectivity index (χ1) is 9.63. The van der Waals surface area contributed by atoms with Crippen molar-refractivity contribution in [1.82, 2.24) is 20.1 Å². The number of nitrogens with one attached hydrogen (secondary N) is 2. The lowest BCUT2D eigenvalue weighted by molar-refractivity contribution is 0.0951. The summed E-state index contributed by atoms with van der Waals surface area (Å²) in [5.74, 6) is 0.558. The molecule has 0 unspecified atom stereocenters. The number of pyridine rings is 1. The van der Waals surface area contributed by atoms with Gasteiger partial charge in [-0.2, -0.15) is 5.10 Å². The third-order valence-corrected chi connectivity index (χ3v) is 3.04. The van der Waals surface area contributed by atoms with Gasteiger partial charge in [0.25, 0.3) is 5.91 Å². The van der Waals surface area contributed by atoms with Gasteiger partial charge in [0, 0.05) is 44.2 Å². The summed E-state index contributed by atoms with van der Waals surface area (Å²) in [7, 11) is 3.65. The van der Waals surface area contributed by atoms with Crippen LogP contribution in [0.5, 0.6) is 0 Å². The molecule has 6 heteroatoms. The Hall–Kier alpha value is -2.37. The second-order valence-electron chi connectivity index (χ2n) is 4.49. The molecule has 2 N–H and O–H groups in total. The first kappa shape index (κ1) is 14.0. The van der Waals surface area contributed by atoms with Crippen molar-refractivity contribution in [3.63, 3.8) is 0 Å². The van der Waals surface area contributed by atoms with Gasteiger partial charge in [0.05, 0.1) is 5.69 Å². The van der Waals surface area contributed by atoms with Crippen LogP contribution in [0.25, 0.3) is 0 Å². The van der Waals surface area contributed by atoms with Gasteiger partial charge in [-0.15, -0.1) is 0 Å². The number of carbonyl (C=O) groups is 1. The highest BCUT2D eigenvalue weighted by Crippen LogP contribution is 2.09. The standard InChI is InChI=1S/C14H19N5O/c1-4-12-11(9-19(3)18-12)8-17-14(20)10-5-6-16-13(7-10)15-2/h5-7,9H,4,8H2,1-3H3,(H,15,16)(H,17,20). The summed E-state index contributed by atoms with van der Waals surface area (Å²) < 4.78 is 1.77. The molecule has 2 heterocycles. The summed E-state index contributed by atoms with van der Waals surface area (Å²) in [6.07, 6.45) is 4.40. The summed E-state index contributed by atoms with van der Waals surface area (Å²) in [4.78, 5) is 16.2. The summed E-state index contributed by atoms with van der Waals surface area (Å²) >= 11 is 0. The average Bonchev–Trinajstić information content (AvgIpc) is 2.85. The molecule has 0 bridgehead atoms. The van der Waals surface area contributed by atoms with Crippen molar-refractivity contribution < 1.29 is 4.79 Å². The molecule has 2 rings (SSSR count). The minimum Gasteiger partial charge on any atom is -0.373 e. The Morgan fingerprint density at radius 2 is 2.25 bits per heavy atom. The Kier molecular flexibility index (Phi) is 4.34. The van der Waals surface area contributed by atoms with Crippen molar-refractivity contribution in [3.8, 4) is 0 Å². The minimum atomic E-state index is -0.116. The van der Waals surface area contributed by atoms with E-state index in [1.54, 1.807) is 30.1 Å². The number of carbonyl (C=O) groups excluding carboxylic acids is 1. The largest absolute Gasteiger partial charge is 0.373 e. The van der Waals surface area contributed by atoms with Gasteiger partial charge in [-0.1, -0.05) is 6.92 Å². The Morgan fingerprint density at radius 3 is 2.95 bits per heavy atom. The van der Waals surface area contributed by atoms with Crippen LogP contribution in [0, 0.1) is 0 Å². The molecule has 20 heavy (non-hydrogen) atoms. The summed E-state index contributed by atoms with van der Waals surface area (Å²) in [5, 5.41) is 10.2. The van der Waals surface area contributed by atoms with E-state index in [9.17, 15) is 4.79 Å². The van der Waals surface area contributed by atoms with Crippen molar-refractivity contribution in [1.29, 1.82) is 0 Å². The third kappa shape index (κ3) is 3.14. The van der Waals surface area contributed by atoms with Gasteiger partial charge in [-0.3, -0.25) is 9.48 Å². The minimum absolute atomic E-state index is 0.116. The molecule has 2 aromatic rings. The van der Waals surface area contributed by atoms with Crippen LogP contribution in [0.3, 0.4) is 0 Å². The monoisotopic (exact) mass is 273 g/mol. The molecular weight excluding hydrogens is 254 g/mol. The average molecular weight is 273 g/mol. The quantitative estimate of drug-likeness (QED) is 0.862. The SMILES string of the molecule is CCc1nn(C)cc1CNC(=O)c1ccnc(NC)c1. The summed E-state index contributed by atoms with van der Waals surface area (Å²) in [6, 6.07) is 3.42. The molecule has 1 amide bonds. The van der Waals surface area contributed by atoms with E-state index in [-0.39, 0.29) is 5.91 Å². The van der Waals surface area contributed by atoms with Gasteiger partial charge in [-0.25, -0.2) is 4.98 Å². The maximum atomic E-state index is 12.1. The van der Waals surface area contributed by atoms with Gasteiger partial charge >= 0.3 is 0 Å². The Morgan fingerprint density at radius 1 is 1.45 bits per heavy atom. The maximum absolute atomic E-state index is 12.1. The molecular formula is C14H19N5O. The van der Waals surface area contributed by atoms with E-state index in [0.717, 1.165) is 17.7 Å². The predicted octanol–water partition coefficient (Wildman–Crippen LogP) is 1.35. The molecule has 0 aliphatic carbocycles. The van der Waals surface area contributed by atoms with Gasteiger partial charge in [0.2, 0.25) is 0 Å². The number of hydrogen-bond acceptors (Lipinski definition) is 4. The third-order valence-electron chi connectivity index (χ3n) is 3.04. The normalized spacial score (nSPS) is 10.3. The summed E-state index contributed by atoms with van der Waals surface area (Å²) in [6.45, 7) is 2.53. The van der Waals surface area contributed by atoms with Crippen molar-refractivity contribution in [2.75, 3.05) is 12.4 Å². The zero-order valence-corrected chi connectivity index (χ0v) is 12.0. The van der Waals surface area contributed by atoms with Gasteiger partial charge in [0.1, 0.15) is 5.82 Å². The van der Waals surface area contributed by atoms with E-state index in [1.807, 2.05) is 13.2 Å². The first-order valence-corrected chi connectivity index (χ1v) is 6.57.